The van der Waals surface area contributed by atoms with Crippen molar-refractivity contribution in [3.8, 4) is 11.5 Å². The minimum atomic E-state index is 0.120. The predicted octanol–water partition coefficient (Wildman–Crippen LogP) is 3.34. The number of hydrogen-bond donors (Lipinski definition) is 1. The first-order valence-corrected chi connectivity index (χ1v) is 7.31. The molecule has 21 heavy (non-hydrogen) atoms. The van der Waals surface area contributed by atoms with E-state index in [1.807, 2.05) is 43.3 Å². The summed E-state index contributed by atoms with van der Waals surface area (Å²) in [6.45, 7) is 5.12. The van der Waals surface area contributed by atoms with Crippen LogP contribution < -0.4 is 15.2 Å². The van der Waals surface area contributed by atoms with Crippen LogP contribution in [0.5, 0.6) is 11.5 Å². The monoisotopic (exact) mass is 285 g/mol. The molecule has 3 heteroatoms. The Morgan fingerprint density at radius 1 is 1.00 bits per heavy atom. The third-order valence-electron chi connectivity index (χ3n) is 3.11. The third-order valence-corrected chi connectivity index (χ3v) is 3.11. The zero-order valence-corrected chi connectivity index (χ0v) is 12.7. The van der Waals surface area contributed by atoms with E-state index < -0.39 is 0 Å². The van der Waals surface area contributed by atoms with E-state index in [9.17, 15) is 0 Å². The number of rotatable bonds is 7. The van der Waals surface area contributed by atoms with E-state index in [1.54, 1.807) is 0 Å². The molecule has 0 aliphatic heterocycles. The molecular weight excluding hydrogens is 262 g/mol. The maximum Gasteiger partial charge on any atom is 0.122 e. The van der Waals surface area contributed by atoms with Crippen LogP contribution in [-0.2, 0) is 6.42 Å². The van der Waals surface area contributed by atoms with Gasteiger partial charge in [0.25, 0.3) is 0 Å². The quantitative estimate of drug-likeness (QED) is 0.793. The Labute approximate surface area is 126 Å². The van der Waals surface area contributed by atoms with Crippen LogP contribution in [0.3, 0.4) is 0 Å². The molecule has 0 saturated carbocycles. The van der Waals surface area contributed by atoms with Crippen LogP contribution in [-0.4, -0.2) is 19.3 Å². The van der Waals surface area contributed by atoms with Crippen molar-refractivity contribution in [3.63, 3.8) is 0 Å². The van der Waals surface area contributed by atoms with Crippen molar-refractivity contribution < 1.29 is 9.47 Å². The number of para-hydroxylation sites is 1. The standard InChI is InChI=1S/C18H23NO2/c1-14-8-9-18(16(12-14)13-15(2)19)21-11-10-20-17-6-4-3-5-7-17/h3-9,12,15H,10-11,13,19H2,1-2H3. The minimum absolute atomic E-state index is 0.120. The molecule has 0 aromatic heterocycles. The molecule has 0 saturated heterocycles. The molecule has 0 radical (unpaired) electrons. The van der Waals surface area contributed by atoms with E-state index in [0.29, 0.717) is 13.2 Å². The van der Waals surface area contributed by atoms with Gasteiger partial charge in [0.1, 0.15) is 24.7 Å². The van der Waals surface area contributed by atoms with E-state index in [-0.39, 0.29) is 6.04 Å². The zero-order chi connectivity index (χ0) is 15.1. The fourth-order valence-corrected chi connectivity index (χ4v) is 2.18. The van der Waals surface area contributed by atoms with Crippen molar-refractivity contribution in [2.75, 3.05) is 13.2 Å². The summed E-state index contributed by atoms with van der Waals surface area (Å²) in [6, 6.07) is 16.1. The third kappa shape index (κ3) is 5.12. The molecule has 2 aromatic rings. The molecule has 0 heterocycles. The summed E-state index contributed by atoms with van der Waals surface area (Å²) in [6.07, 6.45) is 0.816. The van der Waals surface area contributed by atoms with Crippen LogP contribution >= 0.6 is 0 Å². The molecule has 0 amide bonds. The maximum atomic E-state index is 5.89. The van der Waals surface area contributed by atoms with Crippen molar-refractivity contribution in [1.82, 2.24) is 0 Å². The van der Waals surface area contributed by atoms with Crippen LogP contribution in [0.4, 0.5) is 0 Å². The van der Waals surface area contributed by atoms with Crippen LogP contribution in [0.2, 0.25) is 0 Å². The van der Waals surface area contributed by atoms with Crippen LogP contribution in [0.25, 0.3) is 0 Å². The molecule has 2 N–H and O–H groups in total. The Balaban J connectivity index is 1.87. The van der Waals surface area contributed by atoms with Crippen LogP contribution in [0.1, 0.15) is 18.1 Å². The second-order valence-corrected chi connectivity index (χ2v) is 5.30. The van der Waals surface area contributed by atoms with Crippen molar-refractivity contribution in [2.24, 2.45) is 5.73 Å². The summed E-state index contributed by atoms with van der Waals surface area (Å²) < 4.78 is 11.5. The van der Waals surface area contributed by atoms with Gasteiger partial charge in [0.15, 0.2) is 0 Å². The Bertz CT molecular complexity index is 552. The zero-order valence-electron chi connectivity index (χ0n) is 12.7. The van der Waals surface area contributed by atoms with E-state index in [0.717, 1.165) is 23.5 Å². The van der Waals surface area contributed by atoms with Crippen molar-refractivity contribution in [1.29, 1.82) is 0 Å². The lowest BCUT2D eigenvalue weighted by molar-refractivity contribution is 0.215. The molecular formula is C18H23NO2. The Kier molecular flexibility index (Phi) is 5.64. The predicted molar refractivity (Wildman–Crippen MR) is 86.0 cm³/mol. The summed E-state index contributed by atoms with van der Waals surface area (Å²) in [5, 5.41) is 0. The van der Waals surface area contributed by atoms with Gasteiger partial charge >= 0.3 is 0 Å². The lowest BCUT2D eigenvalue weighted by Crippen LogP contribution is -2.19. The smallest absolute Gasteiger partial charge is 0.122 e. The Hall–Kier alpha value is -2.00. The molecule has 2 rings (SSSR count). The van der Waals surface area contributed by atoms with Gasteiger partial charge in [-0.15, -0.1) is 0 Å². The highest BCUT2D eigenvalue weighted by Gasteiger charge is 2.07. The largest absolute Gasteiger partial charge is 0.490 e. The van der Waals surface area contributed by atoms with Gasteiger partial charge in [-0.3, -0.25) is 0 Å². The Morgan fingerprint density at radius 2 is 1.71 bits per heavy atom. The van der Waals surface area contributed by atoms with Gasteiger partial charge in [-0.25, -0.2) is 0 Å². The molecule has 1 unspecified atom stereocenters. The molecule has 0 aliphatic rings. The number of aryl methyl sites for hydroxylation is 1. The molecule has 1 atom stereocenters. The summed E-state index contributed by atoms with van der Waals surface area (Å²) in [5.41, 5.74) is 8.27. The van der Waals surface area contributed by atoms with E-state index in [4.69, 9.17) is 15.2 Å². The molecule has 3 nitrogen and oxygen atoms in total. The Morgan fingerprint density at radius 3 is 2.43 bits per heavy atom. The lowest BCUT2D eigenvalue weighted by atomic mass is 10.0. The minimum Gasteiger partial charge on any atom is -0.490 e. The highest BCUT2D eigenvalue weighted by molar-refractivity contribution is 5.37. The summed E-state index contributed by atoms with van der Waals surface area (Å²) in [7, 11) is 0. The average Bonchev–Trinajstić information content (AvgIpc) is 2.46. The topological polar surface area (TPSA) is 44.5 Å². The average molecular weight is 285 g/mol. The second-order valence-electron chi connectivity index (χ2n) is 5.30. The van der Waals surface area contributed by atoms with Gasteiger partial charge in [0.2, 0.25) is 0 Å². The first kappa shape index (κ1) is 15.4. The van der Waals surface area contributed by atoms with Crippen molar-refractivity contribution >= 4 is 0 Å². The molecule has 0 bridgehead atoms. The first-order chi connectivity index (χ1) is 10.1. The van der Waals surface area contributed by atoms with Crippen LogP contribution in [0.15, 0.2) is 48.5 Å². The second kappa shape index (κ2) is 7.70. The van der Waals surface area contributed by atoms with E-state index in [1.165, 1.54) is 5.56 Å². The fourth-order valence-electron chi connectivity index (χ4n) is 2.18. The van der Waals surface area contributed by atoms with Crippen molar-refractivity contribution in [2.45, 2.75) is 26.3 Å². The van der Waals surface area contributed by atoms with Gasteiger partial charge in [0, 0.05) is 6.04 Å². The van der Waals surface area contributed by atoms with E-state index in [2.05, 4.69) is 19.1 Å². The van der Waals surface area contributed by atoms with Gasteiger partial charge in [-0.2, -0.15) is 0 Å². The number of hydrogen-bond acceptors (Lipinski definition) is 3. The SMILES string of the molecule is Cc1ccc(OCCOc2ccccc2)c(CC(C)N)c1. The number of benzene rings is 2. The van der Waals surface area contributed by atoms with Gasteiger partial charge in [-0.1, -0.05) is 35.9 Å². The first-order valence-electron chi connectivity index (χ1n) is 7.31. The molecule has 112 valence electrons. The molecule has 0 fully saturated rings. The summed E-state index contributed by atoms with van der Waals surface area (Å²) in [5.74, 6) is 1.76. The maximum absolute atomic E-state index is 5.89. The highest BCUT2D eigenvalue weighted by Crippen LogP contribution is 2.21. The normalized spacial score (nSPS) is 12.0. The van der Waals surface area contributed by atoms with Crippen molar-refractivity contribution in [3.05, 3.63) is 59.7 Å². The highest BCUT2D eigenvalue weighted by atomic mass is 16.5. The molecule has 2 aromatic carbocycles. The van der Waals surface area contributed by atoms with Gasteiger partial charge in [-0.05, 0) is 44.0 Å². The van der Waals surface area contributed by atoms with E-state index >= 15 is 0 Å². The van der Waals surface area contributed by atoms with Crippen LogP contribution in [0, 0.1) is 6.92 Å². The lowest BCUT2D eigenvalue weighted by Gasteiger charge is -2.14. The van der Waals surface area contributed by atoms with Gasteiger partial charge in [0.05, 0.1) is 0 Å². The number of ether oxygens (including phenoxy) is 2. The summed E-state index contributed by atoms with van der Waals surface area (Å²) in [4.78, 5) is 0. The van der Waals surface area contributed by atoms with Gasteiger partial charge < -0.3 is 15.2 Å². The molecule has 0 spiro atoms. The fraction of sp³-hybridized carbons (Fsp3) is 0.333. The summed E-state index contributed by atoms with van der Waals surface area (Å²) >= 11 is 0. The molecule has 0 aliphatic carbocycles. The number of nitrogens with two attached hydrogens (primary N) is 1.